The van der Waals surface area contributed by atoms with E-state index in [-0.39, 0.29) is 0 Å². The van der Waals surface area contributed by atoms with E-state index < -0.39 is 44.0 Å². The molecule has 5 saturated heterocycles. The number of rotatable bonds is 5. The number of hydrogen-bond acceptors (Lipinski definition) is 5. The topological polar surface area (TPSA) is 46.2 Å². The highest BCUT2D eigenvalue weighted by Gasteiger charge is 2.20. The second kappa shape index (κ2) is 32.2. The molecule has 0 saturated carbocycles. The summed E-state index contributed by atoms with van der Waals surface area (Å²) in [5.74, 6) is 0. The Labute approximate surface area is 332 Å². The van der Waals surface area contributed by atoms with Gasteiger partial charge in [0.15, 0.2) is 0 Å². The minimum Gasteiger partial charge on any atom is -0.382 e. The maximum absolute atomic E-state index is 5.60. The molecular weight excluding hydrogens is 725 g/mol. The van der Waals surface area contributed by atoms with Gasteiger partial charge in [-0.3, -0.25) is 0 Å². The van der Waals surface area contributed by atoms with E-state index in [1.54, 1.807) is 0 Å². The van der Waals surface area contributed by atoms with Crippen molar-refractivity contribution in [2.24, 2.45) is 0 Å². The molecule has 1 radical (unpaired) electrons. The lowest BCUT2D eigenvalue weighted by atomic mass is 10.2. The van der Waals surface area contributed by atoms with Crippen molar-refractivity contribution < 1.29 is 23.7 Å². The molecule has 0 amide bonds. The van der Waals surface area contributed by atoms with E-state index in [0.29, 0.717) is 28.6 Å². The summed E-state index contributed by atoms with van der Waals surface area (Å²) in [6.07, 6.45) is 20.1. The summed E-state index contributed by atoms with van der Waals surface area (Å²) in [7, 11) is -2.37. The Bertz CT molecular complexity index is 766. The lowest BCUT2D eigenvalue weighted by Crippen LogP contribution is -2.31. The molecule has 0 aromatic heterocycles. The first kappa shape index (κ1) is 50.1. The van der Waals surface area contributed by atoms with Gasteiger partial charge in [-0.15, -0.1) is 0 Å². The van der Waals surface area contributed by atoms with Gasteiger partial charge < -0.3 is 23.7 Å². The average Bonchev–Trinajstić information content (AvgIpc) is 3.18. The molecule has 5 fully saturated rings. The summed E-state index contributed by atoms with van der Waals surface area (Å²) in [6, 6.07) is 10.8. The molecule has 0 N–H and O–H groups in total. The second-order valence-corrected chi connectivity index (χ2v) is 33.5. The molecule has 0 bridgehead atoms. The van der Waals surface area contributed by atoms with Crippen LogP contribution in [-0.4, -0.2) is 106 Å². The molecule has 5 aliphatic rings. The minimum absolute atomic E-state index is 0.474. The highest BCUT2D eigenvalue weighted by molar-refractivity contribution is 6.58. The monoisotopic (exact) mass is 812 g/mol. The van der Waals surface area contributed by atoms with Crippen molar-refractivity contribution in [3.8, 4) is 0 Å². The Hall–Kier alpha value is 0.104. The van der Waals surface area contributed by atoms with E-state index in [1.165, 1.54) is 102 Å². The van der Waals surface area contributed by atoms with Crippen molar-refractivity contribution in [1.29, 1.82) is 0 Å². The van der Waals surface area contributed by atoms with Crippen molar-refractivity contribution in [3.05, 3.63) is 35.9 Å². The van der Waals surface area contributed by atoms with Crippen LogP contribution in [0.15, 0.2) is 24.3 Å². The summed E-state index contributed by atoms with van der Waals surface area (Å²) in [6.45, 7) is 30.9. The molecule has 5 unspecified atom stereocenters. The fourth-order valence-electron chi connectivity index (χ4n) is 6.93. The van der Waals surface area contributed by atoms with Gasteiger partial charge in [0.05, 0.1) is 44.0 Å². The molecule has 5 heterocycles. The summed E-state index contributed by atoms with van der Waals surface area (Å²) >= 11 is 0. The van der Waals surface area contributed by atoms with Crippen LogP contribution in [0, 0.1) is 13.0 Å². The molecule has 5 atom stereocenters. The van der Waals surface area contributed by atoms with Gasteiger partial charge in [-0.1, -0.05) is 95.3 Å². The summed E-state index contributed by atoms with van der Waals surface area (Å²) < 4.78 is 28.0. The summed E-state index contributed by atoms with van der Waals surface area (Å²) in [5.41, 5.74) is 4.76. The fourth-order valence-corrected chi connectivity index (χ4v) is 14.0. The SMILES string of the molecule is C[SiH](C)C1CCCCO1.C[SiH](C)C1CCCCO1.C[SiH](C)C1CCCCO1.C[SiH](C)C1CCCCO1.C[SiH](C)C1CCCCO1.Cc1cc[c]cc1. The van der Waals surface area contributed by atoms with E-state index in [1.807, 2.05) is 24.3 Å². The standard InChI is InChI=1S/5C7H16OSi.C7H7/c5*1-9(2)7-5-3-4-6-8-7;1-7-5-3-2-4-6-7/h5*7,9H,3-6H2,1-2H3;3-6H,1H3. The minimum atomic E-state index is -0.474. The summed E-state index contributed by atoms with van der Waals surface area (Å²) in [4.78, 5) is 0. The molecule has 0 spiro atoms. The molecule has 6 rings (SSSR count). The van der Waals surface area contributed by atoms with Crippen LogP contribution in [0.2, 0.25) is 65.5 Å². The third-order valence-corrected chi connectivity index (χ3v) is 20.7. The van der Waals surface area contributed by atoms with Crippen molar-refractivity contribution in [1.82, 2.24) is 0 Å². The number of benzene rings is 1. The van der Waals surface area contributed by atoms with Gasteiger partial charge in [0.1, 0.15) is 0 Å². The highest BCUT2D eigenvalue weighted by Crippen LogP contribution is 2.17. The first-order valence-corrected chi connectivity index (χ1v) is 36.8. The predicted octanol–water partition coefficient (Wildman–Crippen LogP) is 9.70. The highest BCUT2D eigenvalue weighted by atomic mass is 28.3. The third-order valence-electron chi connectivity index (χ3n) is 10.7. The normalized spacial score (nSPS) is 26.3. The quantitative estimate of drug-likeness (QED) is 0.278. The zero-order chi connectivity index (χ0) is 38.6. The smallest absolute Gasteiger partial charge is 0.0656 e. The molecule has 5 nitrogen and oxygen atoms in total. The van der Waals surface area contributed by atoms with E-state index in [9.17, 15) is 0 Å². The zero-order valence-corrected chi connectivity index (χ0v) is 42.0. The maximum atomic E-state index is 5.60. The Morgan fingerprint density at radius 1 is 0.385 bits per heavy atom. The van der Waals surface area contributed by atoms with Gasteiger partial charge >= 0.3 is 0 Å². The first-order valence-electron chi connectivity index (χ1n) is 21.9. The zero-order valence-electron chi connectivity index (χ0n) is 36.3. The Kier molecular flexibility index (Phi) is 31.1. The molecule has 52 heavy (non-hydrogen) atoms. The lowest BCUT2D eigenvalue weighted by Gasteiger charge is -2.24. The Morgan fingerprint density at radius 3 is 0.692 bits per heavy atom. The van der Waals surface area contributed by atoms with Crippen molar-refractivity contribution in [3.63, 3.8) is 0 Å². The Morgan fingerprint density at radius 2 is 0.596 bits per heavy atom. The van der Waals surface area contributed by atoms with Gasteiger partial charge in [-0.05, 0) is 109 Å². The fraction of sp³-hybridized carbons (Fsp3) is 0.857. The van der Waals surface area contributed by atoms with Gasteiger partial charge in [0.25, 0.3) is 0 Å². The van der Waals surface area contributed by atoms with Gasteiger partial charge in [-0.2, -0.15) is 0 Å². The van der Waals surface area contributed by atoms with Gasteiger partial charge in [0, 0.05) is 61.7 Å². The van der Waals surface area contributed by atoms with Crippen molar-refractivity contribution >= 4 is 44.0 Å². The van der Waals surface area contributed by atoms with Crippen LogP contribution in [0.5, 0.6) is 0 Å². The molecule has 1 aromatic rings. The van der Waals surface area contributed by atoms with Gasteiger partial charge in [0.2, 0.25) is 0 Å². The molecule has 305 valence electrons. The molecule has 10 heteroatoms. The summed E-state index contributed by atoms with van der Waals surface area (Å²) in [5, 5.41) is 0. The number of aryl methyl sites for hydroxylation is 1. The van der Waals surface area contributed by atoms with Crippen LogP contribution < -0.4 is 0 Å². The van der Waals surface area contributed by atoms with E-state index >= 15 is 0 Å². The third kappa shape index (κ3) is 26.0. The average molecular weight is 813 g/mol. The molecule has 1 aromatic carbocycles. The van der Waals surface area contributed by atoms with Crippen LogP contribution in [0.4, 0.5) is 0 Å². The lowest BCUT2D eigenvalue weighted by molar-refractivity contribution is 0.0631. The van der Waals surface area contributed by atoms with Crippen molar-refractivity contribution in [2.45, 2.75) is 197 Å². The van der Waals surface area contributed by atoms with Crippen molar-refractivity contribution in [2.75, 3.05) is 33.0 Å². The molecule has 0 aliphatic carbocycles. The van der Waals surface area contributed by atoms with Crippen LogP contribution in [0.25, 0.3) is 0 Å². The van der Waals surface area contributed by atoms with E-state index in [4.69, 9.17) is 23.7 Å². The Balaban J connectivity index is 0.000000313. The van der Waals surface area contributed by atoms with Crippen LogP contribution in [0.1, 0.15) is 102 Å². The predicted molar refractivity (Wildman–Crippen MR) is 242 cm³/mol. The van der Waals surface area contributed by atoms with Crippen LogP contribution in [-0.2, 0) is 23.7 Å². The van der Waals surface area contributed by atoms with E-state index in [2.05, 4.69) is 78.5 Å². The molecular formula is C42H87O5Si5. The maximum Gasteiger partial charge on any atom is 0.0656 e. The first-order chi connectivity index (χ1) is 24.9. The van der Waals surface area contributed by atoms with Gasteiger partial charge in [-0.25, -0.2) is 0 Å². The molecule has 5 aliphatic heterocycles. The number of ether oxygens (including phenoxy) is 5. The van der Waals surface area contributed by atoms with E-state index in [0.717, 1.165) is 33.0 Å². The van der Waals surface area contributed by atoms with Crippen LogP contribution in [0.3, 0.4) is 0 Å². The number of hydrogen-bond donors (Lipinski definition) is 0. The van der Waals surface area contributed by atoms with Crippen LogP contribution >= 0.6 is 0 Å². The largest absolute Gasteiger partial charge is 0.382 e. The second-order valence-electron chi connectivity index (χ2n) is 17.3.